The van der Waals surface area contributed by atoms with E-state index in [2.05, 4.69) is 25.9 Å². The predicted octanol–water partition coefficient (Wildman–Crippen LogP) is 3.61. The summed E-state index contributed by atoms with van der Waals surface area (Å²) in [6.45, 7) is 3.19. The molecule has 0 fully saturated rings. The van der Waals surface area contributed by atoms with Crippen LogP contribution in [0.1, 0.15) is 28.7 Å². The van der Waals surface area contributed by atoms with E-state index in [9.17, 15) is 9.59 Å². The summed E-state index contributed by atoms with van der Waals surface area (Å²) >= 11 is 0. The van der Waals surface area contributed by atoms with Gasteiger partial charge in [0.1, 0.15) is 5.69 Å². The number of anilines is 4. The van der Waals surface area contributed by atoms with Gasteiger partial charge in [0.25, 0.3) is 5.91 Å². The maximum atomic E-state index is 12.6. The lowest BCUT2D eigenvalue weighted by atomic mass is 10.2. The third-order valence-electron chi connectivity index (χ3n) is 3.78. The Morgan fingerprint density at radius 1 is 0.931 bits per heavy atom. The van der Waals surface area contributed by atoms with Crippen molar-refractivity contribution in [1.29, 1.82) is 5.26 Å². The molecule has 8 heteroatoms. The standard InChI is InChI=1S/C21H18N6O2/c1-13-9-19(20(29)25-16-6-3-5-15(10-16)12-22)27-21(23-13)26-18-8-4-7-17(11-18)24-14(2)28/h3-11H,1-2H3,(H,24,28)(H,25,29)(H,23,26,27). The Morgan fingerprint density at radius 2 is 1.62 bits per heavy atom. The van der Waals surface area contributed by atoms with Gasteiger partial charge in [0.2, 0.25) is 11.9 Å². The number of aromatic nitrogens is 2. The van der Waals surface area contributed by atoms with Crippen molar-refractivity contribution in [2.45, 2.75) is 13.8 Å². The number of benzene rings is 2. The van der Waals surface area contributed by atoms with Crippen LogP contribution in [0.25, 0.3) is 0 Å². The smallest absolute Gasteiger partial charge is 0.274 e. The van der Waals surface area contributed by atoms with Crippen molar-refractivity contribution < 1.29 is 9.59 Å². The summed E-state index contributed by atoms with van der Waals surface area (Å²) in [7, 11) is 0. The molecule has 1 heterocycles. The van der Waals surface area contributed by atoms with Crippen molar-refractivity contribution in [3.8, 4) is 6.07 Å². The van der Waals surface area contributed by atoms with Crippen LogP contribution in [0, 0.1) is 18.3 Å². The van der Waals surface area contributed by atoms with Gasteiger partial charge >= 0.3 is 0 Å². The largest absolute Gasteiger partial charge is 0.326 e. The van der Waals surface area contributed by atoms with E-state index in [0.29, 0.717) is 28.3 Å². The van der Waals surface area contributed by atoms with E-state index in [4.69, 9.17) is 5.26 Å². The number of amides is 2. The van der Waals surface area contributed by atoms with Crippen LogP contribution in [0.3, 0.4) is 0 Å². The molecule has 0 aliphatic heterocycles. The summed E-state index contributed by atoms with van der Waals surface area (Å²) in [5.41, 5.74) is 3.03. The molecule has 3 N–H and O–H groups in total. The summed E-state index contributed by atoms with van der Waals surface area (Å²) in [4.78, 5) is 32.4. The Bertz CT molecular complexity index is 1120. The fraction of sp³-hybridized carbons (Fsp3) is 0.0952. The Morgan fingerprint density at radius 3 is 2.34 bits per heavy atom. The van der Waals surface area contributed by atoms with Crippen LogP contribution in [-0.2, 0) is 4.79 Å². The van der Waals surface area contributed by atoms with E-state index in [1.807, 2.05) is 6.07 Å². The topological polar surface area (TPSA) is 120 Å². The quantitative estimate of drug-likeness (QED) is 0.616. The summed E-state index contributed by atoms with van der Waals surface area (Å²) in [5.74, 6) is -0.338. The SMILES string of the molecule is CC(=O)Nc1cccc(Nc2nc(C)cc(C(=O)Nc3cccc(C#N)c3)n2)c1. The second-order valence-corrected chi connectivity index (χ2v) is 6.25. The Balaban J connectivity index is 1.80. The zero-order valence-electron chi connectivity index (χ0n) is 15.9. The van der Waals surface area contributed by atoms with Gasteiger partial charge in [0, 0.05) is 29.7 Å². The van der Waals surface area contributed by atoms with Gasteiger partial charge in [-0.1, -0.05) is 12.1 Å². The molecular formula is C21H18N6O2. The maximum Gasteiger partial charge on any atom is 0.274 e. The van der Waals surface area contributed by atoms with Crippen molar-refractivity contribution >= 4 is 34.8 Å². The molecule has 0 saturated heterocycles. The van der Waals surface area contributed by atoms with E-state index >= 15 is 0 Å². The predicted molar refractivity (Wildman–Crippen MR) is 110 cm³/mol. The highest BCUT2D eigenvalue weighted by Gasteiger charge is 2.12. The zero-order chi connectivity index (χ0) is 20.8. The first-order valence-corrected chi connectivity index (χ1v) is 8.75. The molecule has 0 radical (unpaired) electrons. The molecule has 0 aliphatic carbocycles. The van der Waals surface area contributed by atoms with E-state index < -0.39 is 5.91 Å². The number of nitriles is 1. The normalized spacial score (nSPS) is 9.97. The number of carbonyl (C=O) groups excluding carboxylic acids is 2. The van der Waals surface area contributed by atoms with Crippen molar-refractivity contribution in [2.75, 3.05) is 16.0 Å². The summed E-state index contributed by atoms with van der Waals surface area (Å²) in [6, 6.07) is 17.3. The van der Waals surface area contributed by atoms with Crippen LogP contribution >= 0.6 is 0 Å². The first-order chi connectivity index (χ1) is 13.9. The van der Waals surface area contributed by atoms with Crippen molar-refractivity contribution in [3.05, 3.63) is 71.5 Å². The number of carbonyl (C=O) groups is 2. The van der Waals surface area contributed by atoms with Crippen molar-refractivity contribution in [1.82, 2.24) is 9.97 Å². The second-order valence-electron chi connectivity index (χ2n) is 6.25. The Labute approximate surface area is 167 Å². The molecule has 3 rings (SSSR count). The third kappa shape index (κ3) is 5.37. The van der Waals surface area contributed by atoms with Crippen LogP contribution in [0.15, 0.2) is 54.6 Å². The molecule has 2 aromatic carbocycles. The van der Waals surface area contributed by atoms with E-state index in [1.54, 1.807) is 61.5 Å². The van der Waals surface area contributed by atoms with Gasteiger partial charge in [-0.2, -0.15) is 5.26 Å². The van der Waals surface area contributed by atoms with Crippen LogP contribution in [0.4, 0.5) is 23.0 Å². The fourth-order valence-corrected chi connectivity index (χ4v) is 2.61. The van der Waals surface area contributed by atoms with E-state index in [0.717, 1.165) is 0 Å². The Hall–Kier alpha value is -4.25. The number of nitrogens with one attached hydrogen (secondary N) is 3. The van der Waals surface area contributed by atoms with Crippen molar-refractivity contribution in [3.63, 3.8) is 0 Å². The molecule has 0 saturated carbocycles. The molecule has 3 aromatic rings. The lowest BCUT2D eigenvalue weighted by molar-refractivity contribution is -0.114. The van der Waals surface area contributed by atoms with Gasteiger partial charge in [-0.3, -0.25) is 9.59 Å². The average molecular weight is 386 g/mol. The lowest BCUT2D eigenvalue weighted by Crippen LogP contribution is -2.15. The highest BCUT2D eigenvalue weighted by Crippen LogP contribution is 2.19. The molecule has 0 atom stereocenters. The average Bonchev–Trinajstić information content (AvgIpc) is 2.67. The highest BCUT2D eigenvalue weighted by molar-refractivity contribution is 6.03. The minimum atomic E-state index is -0.416. The molecule has 2 amide bonds. The summed E-state index contributed by atoms with van der Waals surface area (Å²) < 4.78 is 0. The van der Waals surface area contributed by atoms with Gasteiger partial charge in [0.05, 0.1) is 11.6 Å². The molecule has 144 valence electrons. The minimum absolute atomic E-state index is 0.173. The zero-order valence-corrected chi connectivity index (χ0v) is 15.9. The first-order valence-electron chi connectivity index (χ1n) is 8.75. The number of rotatable bonds is 5. The summed E-state index contributed by atoms with van der Waals surface area (Å²) in [5, 5.41) is 17.4. The Kier molecular flexibility index (Phi) is 5.80. The van der Waals surface area contributed by atoms with Gasteiger partial charge in [-0.05, 0) is 49.4 Å². The molecule has 8 nitrogen and oxygen atoms in total. The summed E-state index contributed by atoms with van der Waals surface area (Å²) in [6.07, 6.45) is 0. The van der Waals surface area contributed by atoms with Crippen LogP contribution in [0.5, 0.6) is 0 Å². The number of hydrogen-bond donors (Lipinski definition) is 3. The molecular weight excluding hydrogens is 368 g/mol. The number of nitrogens with zero attached hydrogens (tertiary/aromatic N) is 3. The molecule has 0 bridgehead atoms. The molecule has 29 heavy (non-hydrogen) atoms. The van der Waals surface area contributed by atoms with Crippen LogP contribution in [0.2, 0.25) is 0 Å². The molecule has 0 spiro atoms. The van der Waals surface area contributed by atoms with Crippen LogP contribution < -0.4 is 16.0 Å². The fourth-order valence-electron chi connectivity index (χ4n) is 2.61. The van der Waals surface area contributed by atoms with Gasteiger partial charge in [0.15, 0.2) is 0 Å². The number of hydrogen-bond acceptors (Lipinski definition) is 6. The van der Waals surface area contributed by atoms with Gasteiger partial charge in [-0.15, -0.1) is 0 Å². The van der Waals surface area contributed by atoms with Gasteiger partial charge in [-0.25, -0.2) is 9.97 Å². The minimum Gasteiger partial charge on any atom is -0.326 e. The maximum absolute atomic E-state index is 12.6. The highest BCUT2D eigenvalue weighted by atomic mass is 16.2. The first kappa shape index (κ1) is 19.5. The van der Waals surface area contributed by atoms with Gasteiger partial charge < -0.3 is 16.0 Å². The van der Waals surface area contributed by atoms with Crippen LogP contribution in [-0.4, -0.2) is 21.8 Å². The van der Waals surface area contributed by atoms with E-state index in [-0.39, 0.29) is 17.5 Å². The second kappa shape index (κ2) is 8.63. The molecule has 0 unspecified atom stereocenters. The van der Waals surface area contributed by atoms with Crippen molar-refractivity contribution in [2.24, 2.45) is 0 Å². The lowest BCUT2D eigenvalue weighted by Gasteiger charge is -2.10. The monoisotopic (exact) mass is 386 g/mol. The molecule has 0 aliphatic rings. The third-order valence-corrected chi connectivity index (χ3v) is 3.78. The number of aryl methyl sites for hydroxylation is 1. The van der Waals surface area contributed by atoms with E-state index in [1.165, 1.54) is 6.92 Å². The molecule has 1 aromatic heterocycles.